The van der Waals surface area contributed by atoms with Crippen LogP contribution < -0.4 is 14.9 Å². The maximum Gasteiger partial charge on any atom is 0.336 e. The van der Waals surface area contributed by atoms with Crippen LogP contribution in [0.25, 0.3) is 6.08 Å². The van der Waals surface area contributed by atoms with Crippen LogP contribution in [0.3, 0.4) is 0 Å². The van der Waals surface area contributed by atoms with Crippen molar-refractivity contribution in [1.29, 1.82) is 0 Å². The first-order chi connectivity index (χ1) is 15.1. The number of carbonyl (C=O) groups excluding carboxylic acids is 2. The minimum Gasteiger partial charge on any atom is -0.484 e. The maximum absolute atomic E-state index is 11.9. The van der Waals surface area contributed by atoms with E-state index < -0.39 is 5.97 Å². The van der Waals surface area contributed by atoms with Gasteiger partial charge in [-0.05, 0) is 65.7 Å². The number of hydrogen-bond acceptors (Lipinski definition) is 5. The molecule has 31 heavy (non-hydrogen) atoms. The van der Waals surface area contributed by atoms with Gasteiger partial charge in [0.05, 0.1) is 6.21 Å². The molecule has 0 saturated heterocycles. The fraction of sp³-hybridized carbons (Fsp3) is 0.0417. The van der Waals surface area contributed by atoms with Gasteiger partial charge < -0.3 is 9.47 Å². The van der Waals surface area contributed by atoms with Gasteiger partial charge >= 0.3 is 5.97 Å². The van der Waals surface area contributed by atoms with E-state index in [4.69, 9.17) is 9.47 Å². The van der Waals surface area contributed by atoms with Crippen LogP contribution in [-0.2, 0) is 9.59 Å². The van der Waals surface area contributed by atoms with Crippen molar-refractivity contribution in [3.8, 4) is 11.5 Å². The molecule has 0 atom stereocenters. The molecule has 0 aromatic heterocycles. The number of hydrogen-bond donors (Lipinski definition) is 1. The zero-order chi connectivity index (χ0) is 21.9. The molecule has 3 aromatic carbocycles. The molecule has 0 aliphatic heterocycles. The normalized spacial score (nSPS) is 10.9. The number of halogens is 1. The van der Waals surface area contributed by atoms with E-state index in [0.29, 0.717) is 11.5 Å². The fourth-order valence-electron chi connectivity index (χ4n) is 2.39. The lowest BCUT2D eigenvalue weighted by Gasteiger charge is -2.05. The summed E-state index contributed by atoms with van der Waals surface area (Å²) >= 11 is 3.33. The summed E-state index contributed by atoms with van der Waals surface area (Å²) in [5, 5.41) is 3.89. The molecular weight excluding hydrogens is 460 g/mol. The minimum absolute atomic E-state index is 0.148. The monoisotopic (exact) mass is 478 g/mol. The van der Waals surface area contributed by atoms with Gasteiger partial charge in [0.1, 0.15) is 11.5 Å². The highest BCUT2D eigenvalue weighted by Gasteiger charge is 2.02. The highest BCUT2D eigenvalue weighted by molar-refractivity contribution is 9.10. The summed E-state index contributed by atoms with van der Waals surface area (Å²) in [7, 11) is 0. The van der Waals surface area contributed by atoms with Gasteiger partial charge in [0.2, 0.25) is 0 Å². The molecule has 0 bridgehead atoms. The lowest BCUT2D eigenvalue weighted by atomic mass is 10.2. The van der Waals surface area contributed by atoms with Crippen LogP contribution in [-0.4, -0.2) is 24.7 Å². The predicted molar refractivity (Wildman–Crippen MR) is 123 cm³/mol. The zero-order valence-corrected chi connectivity index (χ0v) is 18.0. The van der Waals surface area contributed by atoms with E-state index in [9.17, 15) is 9.59 Å². The number of carbonyl (C=O) groups is 2. The van der Waals surface area contributed by atoms with Crippen LogP contribution in [0.5, 0.6) is 11.5 Å². The van der Waals surface area contributed by atoms with Crippen molar-refractivity contribution in [3.63, 3.8) is 0 Å². The number of nitrogens with one attached hydrogen (secondary N) is 1. The molecule has 0 fully saturated rings. The Kier molecular flexibility index (Phi) is 8.13. The number of nitrogens with zero attached hydrogens (tertiary/aromatic N) is 1. The molecule has 6 nitrogen and oxygen atoms in total. The number of benzene rings is 3. The number of rotatable bonds is 8. The van der Waals surface area contributed by atoms with Crippen LogP contribution in [0.1, 0.15) is 11.1 Å². The molecule has 0 radical (unpaired) electrons. The third-order valence-electron chi connectivity index (χ3n) is 3.90. The van der Waals surface area contributed by atoms with E-state index in [1.54, 1.807) is 42.5 Å². The SMILES string of the molecule is O=C(COc1ccc(Br)cc1)N/N=C\c1ccc(OC(=O)/C=C/c2ccccc2)cc1. The molecule has 0 aliphatic rings. The van der Waals surface area contributed by atoms with E-state index in [2.05, 4.69) is 26.5 Å². The molecular formula is C24H19BrN2O4. The minimum atomic E-state index is -0.469. The first-order valence-electron chi connectivity index (χ1n) is 9.34. The molecule has 0 heterocycles. The standard InChI is InChI=1S/C24H19BrN2O4/c25-20-9-13-21(14-10-20)30-17-23(28)27-26-16-19-6-11-22(12-7-19)31-24(29)15-8-18-4-2-1-3-5-18/h1-16H,17H2,(H,27,28)/b15-8+,26-16-. The van der Waals surface area contributed by atoms with Gasteiger partial charge in [-0.3, -0.25) is 4.79 Å². The lowest BCUT2D eigenvalue weighted by Crippen LogP contribution is -2.24. The fourth-order valence-corrected chi connectivity index (χ4v) is 2.66. The van der Waals surface area contributed by atoms with E-state index >= 15 is 0 Å². The Morgan fingerprint density at radius 3 is 2.26 bits per heavy atom. The lowest BCUT2D eigenvalue weighted by molar-refractivity contribution is -0.129. The predicted octanol–water partition coefficient (Wildman–Crippen LogP) is 4.60. The Morgan fingerprint density at radius 1 is 0.871 bits per heavy atom. The average Bonchev–Trinajstić information content (AvgIpc) is 2.79. The summed E-state index contributed by atoms with van der Waals surface area (Å²) in [6, 6.07) is 23.4. The summed E-state index contributed by atoms with van der Waals surface area (Å²) < 4.78 is 11.6. The molecule has 7 heteroatoms. The second kappa shape index (κ2) is 11.5. The van der Waals surface area contributed by atoms with Crippen LogP contribution in [0.2, 0.25) is 0 Å². The molecule has 1 N–H and O–H groups in total. The Morgan fingerprint density at radius 2 is 1.55 bits per heavy atom. The van der Waals surface area contributed by atoms with E-state index in [1.807, 2.05) is 42.5 Å². The highest BCUT2D eigenvalue weighted by Crippen LogP contribution is 2.16. The average molecular weight is 479 g/mol. The molecule has 3 rings (SSSR count). The van der Waals surface area contributed by atoms with Gasteiger partial charge in [-0.1, -0.05) is 46.3 Å². The van der Waals surface area contributed by atoms with Gasteiger partial charge in [-0.2, -0.15) is 5.10 Å². The van der Waals surface area contributed by atoms with Gasteiger partial charge in [0, 0.05) is 10.5 Å². The zero-order valence-electron chi connectivity index (χ0n) is 16.4. The molecule has 0 aliphatic carbocycles. The van der Waals surface area contributed by atoms with Crippen molar-refractivity contribution >= 4 is 40.1 Å². The van der Waals surface area contributed by atoms with Crippen molar-refractivity contribution < 1.29 is 19.1 Å². The van der Waals surface area contributed by atoms with Gasteiger partial charge in [-0.25, -0.2) is 10.2 Å². The first kappa shape index (κ1) is 22.0. The largest absolute Gasteiger partial charge is 0.484 e. The van der Waals surface area contributed by atoms with E-state index in [-0.39, 0.29) is 12.5 Å². The second-order valence-electron chi connectivity index (χ2n) is 6.27. The Labute approximate surface area is 188 Å². The topological polar surface area (TPSA) is 77.0 Å². The molecule has 0 saturated carbocycles. The Balaban J connectivity index is 1.42. The van der Waals surface area contributed by atoms with Crippen molar-refractivity contribution in [2.24, 2.45) is 5.10 Å². The van der Waals surface area contributed by atoms with E-state index in [0.717, 1.165) is 15.6 Å². The Hall–Kier alpha value is -3.71. The van der Waals surface area contributed by atoms with Crippen LogP contribution in [0.4, 0.5) is 0 Å². The van der Waals surface area contributed by atoms with Crippen LogP contribution >= 0.6 is 15.9 Å². The smallest absolute Gasteiger partial charge is 0.336 e. The van der Waals surface area contributed by atoms with Gasteiger partial charge in [0.15, 0.2) is 6.61 Å². The Bertz CT molecular complexity index is 1060. The molecule has 0 unspecified atom stereocenters. The van der Waals surface area contributed by atoms with Crippen molar-refractivity contribution in [2.45, 2.75) is 0 Å². The number of hydrazone groups is 1. The van der Waals surface area contributed by atoms with Crippen LogP contribution in [0.15, 0.2) is 94.5 Å². The summed E-state index contributed by atoms with van der Waals surface area (Å²) in [5.41, 5.74) is 4.04. The third-order valence-corrected chi connectivity index (χ3v) is 4.43. The highest BCUT2D eigenvalue weighted by atomic mass is 79.9. The van der Waals surface area contributed by atoms with Crippen molar-refractivity contribution in [2.75, 3.05) is 6.61 Å². The third kappa shape index (κ3) is 7.91. The quantitative estimate of drug-likeness (QED) is 0.169. The van der Waals surface area contributed by atoms with Gasteiger partial charge in [-0.15, -0.1) is 0 Å². The molecule has 3 aromatic rings. The van der Waals surface area contributed by atoms with E-state index in [1.165, 1.54) is 12.3 Å². The molecule has 1 amide bonds. The second-order valence-corrected chi connectivity index (χ2v) is 7.19. The number of amides is 1. The van der Waals surface area contributed by atoms with Gasteiger partial charge in [0.25, 0.3) is 5.91 Å². The summed E-state index contributed by atoms with van der Waals surface area (Å²) in [6.45, 7) is -0.148. The number of ether oxygens (including phenoxy) is 2. The van der Waals surface area contributed by atoms with Crippen molar-refractivity contribution in [3.05, 3.63) is 101 Å². The first-order valence-corrected chi connectivity index (χ1v) is 10.1. The summed E-state index contributed by atoms with van der Waals surface area (Å²) in [5.74, 6) is 0.149. The van der Waals surface area contributed by atoms with Crippen LogP contribution in [0, 0.1) is 0 Å². The maximum atomic E-state index is 11.9. The molecule has 156 valence electrons. The number of esters is 1. The molecule has 0 spiro atoms. The van der Waals surface area contributed by atoms with Crippen molar-refractivity contribution in [1.82, 2.24) is 5.43 Å². The summed E-state index contributed by atoms with van der Waals surface area (Å²) in [6.07, 6.45) is 4.54. The summed E-state index contributed by atoms with van der Waals surface area (Å²) in [4.78, 5) is 23.7.